The van der Waals surface area contributed by atoms with Crippen molar-refractivity contribution in [3.05, 3.63) is 0 Å². The predicted octanol–water partition coefficient (Wildman–Crippen LogP) is 1.38. The molecule has 0 aromatic rings. The summed E-state index contributed by atoms with van der Waals surface area (Å²) in [5, 5.41) is 2.92. The Labute approximate surface area is 128 Å². The van der Waals surface area contributed by atoms with Gasteiger partial charge in [-0.15, -0.1) is 0 Å². The second kappa shape index (κ2) is 7.25. The molecule has 2 aliphatic heterocycles. The molecule has 2 amide bonds. The minimum Gasteiger partial charge on any atom is -0.343 e. The molecule has 3 unspecified atom stereocenters. The Kier molecular flexibility index (Phi) is 5.62. The fourth-order valence-electron chi connectivity index (χ4n) is 3.64. The minimum absolute atomic E-state index is 0.0316. The van der Waals surface area contributed by atoms with Crippen molar-refractivity contribution in [1.82, 2.24) is 15.1 Å². The number of nitrogens with zero attached hydrogens (tertiary/aromatic N) is 2. The summed E-state index contributed by atoms with van der Waals surface area (Å²) in [6.07, 6.45) is 4.47. The van der Waals surface area contributed by atoms with Crippen LogP contribution in [0, 0.1) is 0 Å². The van der Waals surface area contributed by atoms with Crippen LogP contribution < -0.4 is 5.32 Å². The Morgan fingerprint density at radius 1 is 1.24 bits per heavy atom. The monoisotopic (exact) mass is 295 g/mol. The minimum atomic E-state index is -0.317. The van der Waals surface area contributed by atoms with Crippen LogP contribution in [0.25, 0.3) is 0 Å². The summed E-state index contributed by atoms with van der Waals surface area (Å²) in [6.45, 7) is 9.23. The summed E-state index contributed by atoms with van der Waals surface area (Å²) in [5.41, 5.74) is 0. The van der Waals surface area contributed by atoms with Gasteiger partial charge < -0.3 is 15.1 Å². The van der Waals surface area contributed by atoms with Crippen molar-refractivity contribution in [2.24, 2.45) is 0 Å². The van der Waals surface area contributed by atoms with E-state index in [0.717, 1.165) is 45.3 Å². The molecule has 0 radical (unpaired) electrons. The third-order valence-electron chi connectivity index (χ3n) is 4.79. The van der Waals surface area contributed by atoms with Crippen molar-refractivity contribution in [3.8, 4) is 0 Å². The summed E-state index contributed by atoms with van der Waals surface area (Å²) >= 11 is 0. The van der Waals surface area contributed by atoms with Crippen molar-refractivity contribution in [1.29, 1.82) is 0 Å². The Hall–Kier alpha value is -1.10. The highest BCUT2D eigenvalue weighted by molar-refractivity contribution is 5.97. The maximum atomic E-state index is 12.8. The second-order valence-corrected chi connectivity index (χ2v) is 6.21. The molecule has 0 aromatic heterocycles. The van der Waals surface area contributed by atoms with Crippen LogP contribution in [-0.4, -0.2) is 59.4 Å². The van der Waals surface area contributed by atoms with E-state index in [1.807, 2.05) is 11.8 Å². The second-order valence-electron chi connectivity index (χ2n) is 6.21. The molecule has 0 saturated carbocycles. The molecule has 0 aromatic carbocycles. The van der Waals surface area contributed by atoms with Crippen LogP contribution in [0.1, 0.15) is 52.9 Å². The van der Waals surface area contributed by atoms with Crippen LogP contribution in [0.3, 0.4) is 0 Å². The largest absolute Gasteiger partial charge is 0.343 e. The lowest BCUT2D eigenvalue weighted by Crippen LogP contribution is -2.67. The Morgan fingerprint density at radius 3 is 2.62 bits per heavy atom. The SMILES string of the molecule is CCCC1NC(=O)C(CC)N(C2CCCN(CC)C2)C1=O. The number of carbonyl (C=O) groups excluding carboxylic acids is 2. The standard InChI is InChI=1S/C16H29N3O2/c1-4-8-13-16(21)19(14(5-2)15(20)17-13)12-9-7-10-18(6-3)11-12/h12-14H,4-11H2,1-3H3,(H,17,20). The lowest BCUT2D eigenvalue weighted by Gasteiger charge is -2.46. The highest BCUT2D eigenvalue weighted by Gasteiger charge is 2.43. The van der Waals surface area contributed by atoms with Gasteiger partial charge in [0.05, 0.1) is 0 Å². The first kappa shape index (κ1) is 16.3. The maximum Gasteiger partial charge on any atom is 0.246 e. The van der Waals surface area contributed by atoms with E-state index in [-0.39, 0.29) is 29.9 Å². The highest BCUT2D eigenvalue weighted by Crippen LogP contribution is 2.24. The van der Waals surface area contributed by atoms with E-state index < -0.39 is 0 Å². The van der Waals surface area contributed by atoms with Crippen LogP contribution >= 0.6 is 0 Å². The van der Waals surface area contributed by atoms with E-state index in [4.69, 9.17) is 0 Å². The Morgan fingerprint density at radius 2 is 2.00 bits per heavy atom. The quantitative estimate of drug-likeness (QED) is 0.833. The number of piperazine rings is 1. The molecule has 0 aliphatic carbocycles. The van der Waals surface area contributed by atoms with E-state index in [1.165, 1.54) is 0 Å². The van der Waals surface area contributed by atoms with Crippen molar-refractivity contribution >= 4 is 11.8 Å². The summed E-state index contributed by atoms with van der Waals surface area (Å²) < 4.78 is 0. The lowest BCUT2D eigenvalue weighted by molar-refractivity contribution is -0.153. The predicted molar refractivity (Wildman–Crippen MR) is 82.9 cm³/mol. The highest BCUT2D eigenvalue weighted by atomic mass is 16.2. The molecular weight excluding hydrogens is 266 g/mol. The number of amides is 2. The van der Waals surface area contributed by atoms with E-state index >= 15 is 0 Å². The number of likely N-dealkylation sites (N-methyl/N-ethyl adjacent to an activating group) is 1. The third-order valence-corrected chi connectivity index (χ3v) is 4.79. The van der Waals surface area contributed by atoms with Gasteiger partial charge in [0.15, 0.2) is 0 Å². The van der Waals surface area contributed by atoms with E-state index in [2.05, 4.69) is 24.1 Å². The van der Waals surface area contributed by atoms with E-state index in [0.29, 0.717) is 6.42 Å². The molecule has 21 heavy (non-hydrogen) atoms. The van der Waals surface area contributed by atoms with Gasteiger partial charge >= 0.3 is 0 Å². The van der Waals surface area contributed by atoms with Gasteiger partial charge in [-0.1, -0.05) is 27.2 Å². The first-order valence-corrected chi connectivity index (χ1v) is 8.47. The normalized spacial score (nSPS) is 31.4. The van der Waals surface area contributed by atoms with Gasteiger partial charge in [-0.05, 0) is 38.8 Å². The van der Waals surface area contributed by atoms with Crippen LogP contribution in [0.2, 0.25) is 0 Å². The van der Waals surface area contributed by atoms with Gasteiger partial charge in [-0.3, -0.25) is 9.59 Å². The molecular formula is C16H29N3O2. The maximum absolute atomic E-state index is 12.8. The summed E-state index contributed by atoms with van der Waals surface area (Å²) in [5.74, 6) is 0.162. The Bertz CT molecular complexity index is 386. The van der Waals surface area contributed by atoms with Gasteiger partial charge in [-0.2, -0.15) is 0 Å². The molecule has 5 heteroatoms. The van der Waals surface area contributed by atoms with Crippen LogP contribution in [-0.2, 0) is 9.59 Å². The summed E-state index contributed by atoms with van der Waals surface area (Å²) in [7, 11) is 0. The van der Waals surface area contributed by atoms with E-state index in [9.17, 15) is 9.59 Å². The molecule has 2 saturated heterocycles. The zero-order valence-electron chi connectivity index (χ0n) is 13.6. The first-order chi connectivity index (χ1) is 10.1. The molecule has 0 spiro atoms. The van der Waals surface area contributed by atoms with Crippen molar-refractivity contribution in [3.63, 3.8) is 0 Å². The van der Waals surface area contributed by atoms with Crippen molar-refractivity contribution in [2.75, 3.05) is 19.6 Å². The Balaban J connectivity index is 2.18. The van der Waals surface area contributed by atoms with Crippen LogP contribution in [0.15, 0.2) is 0 Å². The van der Waals surface area contributed by atoms with Crippen LogP contribution in [0.5, 0.6) is 0 Å². The number of carbonyl (C=O) groups is 2. The molecule has 0 bridgehead atoms. The molecule has 2 fully saturated rings. The number of nitrogens with one attached hydrogen (secondary N) is 1. The first-order valence-electron chi connectivity index (χ1n) is 8.47. The number of rotatable bonds is 5. The number of likely N-dealkylation sites (tertiary alicyclic amines) is 1. The average molecular weight is 295 g/mol. The van der Waals surface area contributed by atoms with Gasteiger partial charge in [-0.25, -0.2) is 0 Å². The number of piperidine rings is 1. The molecule has 2 aliphatic rings. The smallest absolute Gasteiger partial charge is 0.246 e. The van der Waals surface area contributed by atoms with Gasteiger partial charge in [0.25, 0.3) is 0 Å². The zero-order chi connectivity index (χ0) is 15.4. The molecule has 2 rings (SSSR count). The molecule has 120 valence electrons. The van der Waals surface area contributed by atoms with Crippen LogP contribution in [0.4, 0.5) is 0 Å². The summed E-state index contributed by atoms with van der Waals surface area (Å²) in [4.78, 5) is 29.5. The molecule has 2 heterocycles. The fourth-order valence-corrected chi connectivity index (χ4v) is 3.64. The third kappa shape index (κ3) is 3.39. The van der Waals surface area contributed by atoms with E-state index in [1.54, 1.807) is 0 Å². The lowest BCUT2D eigenvalue weighted by atomic mass is 9.95. The molecule has 5 nitrogen and oxygen atoms in total. The average Bonchev–Trinajstić information content (AvgIpc) is 2.50. The van der Waals surface area contributed by atoms with Crippen molar-refractivity contribution in [2.45, 2.75) is 71.0 Å². The zero-order valence-corrected chi connectivity index (χ0v) is 13.6. The number of hydrogen-bond acceptors (Lipinski definition) is 3. The topological polar surface area (TPSA) is 52.7 Å². The van der Waals surface area contributed by atoms with Gasteiger partial charge in [0.2, 0.25) is 11.8 Å². The van der Waals surface area contributed by atoms with Crippen molar-refractivity contribution < 1.29 is 9.59 Å². The summed E-state index contributed by atoms with van der Waals surface area (Å²) in [6, 6.07) is -0.406. The number of hydrogen-bond donors (Lipinski definition) is 1. The molecule has 3 atom stereocenters. The van der Waals surface area contributed by atoms with Gasteiger partial charge in [0.1, 0.15) is 12.1 Å². The fraction of sp³-hybridized carbons (Fsp3) is 0.875. The van der Waals surface area contributed by atoms with Gasteiger partial charge in [0, 0.05) is 12.6 Å². The molecule has 1 N–H and O–H groups in total.